The summed E-state index contributed by atoms with van der Waals surface area (Å²) < 4.78 is 0. The minimum atomic E-state index is 0.404. The third-order valence-corrected chi connectivity index (χ3v) is 8.64. The molecule has 0 saturated carbocycles. The molecule has 0 fully saturated rings. The second-order valence-electron chi connectivity index (χ2n) is 11.3. The molecule has 0 bridgehead atoms. The Hall–Kier alpha value is -6.62. The second kappa shape index (κ2) is 11.1. The summed E-state index contributed by atoms with van der Waals surface area (Å²) in [6.07, 6.45) is 3.36. The fourth-order valence-corrected chi connectivity index (χ4v) is 6.42. The van der Waals surface area contributed by atoms with Gasteiger partial charge in [0.15, 0.2) is 0 Å². The maximum Gasteiger partial charge on any atom is 0.141 e. The Morgan fingerprint density at radius 1 is 0.326 bits per heavy atom. The molecule has 0 aliphatic carbocycles. The van der Waals surface area contributed by atoms with E-state index in [1.54, 1.807) is 12.4 Å². The highest BCUT2D eigenvalue weighted by molar-refractivity contribution is 6.26. The molecule has 0 atom stereocenters. The number of rotatable bonds is 4. The SMILES string of the molecule is N#Cc1cc(-c2cccc(-c3ccc4c5ccccc5c5ccc(-c6cccc(-c7ccnc(C#N)c7)c6)cc5c4c3)c2)ccn1. The van der Waals surface area contributed by atoms with E-state index in [0.717, 1.165) is 44.5 Å². The Bertz CT molecular complexity index is 2390. The van der Waals surface area contributed by atoms with Gasteiger partial charge >= 0.3 is 0 Å². The van der Waals surface area contributed by atoms with Gasteiger partial charge in [-0.3, -0.25) is 0 Å². The van der Waals surface area contributed by atoms with E-state index in [1.807, 2.05) is 24.3 Å². The summed E-state index contributed by atoms with van der Waals surface area (Å²) >= 11 is 0. The molecule has 0 N–H and O–H groups in total. The first-order valence-electron chi connectivity index (χ1n) is 15.0. The molecule has 0 aliphatic heterocycles. The van der Waals surface area contributed by atoms with Crippen LogP contribution in [-0.2, 0) is 0 Å². The average Bonchev–Trinajstić information content (AvgIpc) is 3.14. The van der Waals surface area contributed by atoms with Crippen LogP contribution in [0.15, 0.2) is 146 Å². The number of hydrogen-bond donors (Lipinski definition) is 0. The summed E-state index contributed by atoms with van der Waals surface area (Å²) in [6, 6.07) is 50.8. The molecule has 0 aliphatic rings. The zero-order chi connectivity index (χ0) is 31.0. The van der Waals surface area contributed by atoms with Gasteiger partial charge < -0.3 is 0 Å². The molecular weight excluding hydrogens is 560 g/mol. The minimum Gasteiger partial charge on any atom is -0.246 e. The average molecular weight is 585 g/mol. The van der Waals surface area contributed by atoms with Gasteiger partial charge in [-0.05, 0) is 125 Å². The molecule has 8 rings (SSSR count). The van der Waals surface area contributed by atoms with Crippen molar-refractivity contribution in [2.45, 2.75) is 0 Å². The fraction of sp³-hybridized carbons (Fsp3) is 0. The molecule has 4 nitrogen and oxygen atoms in total. The first-order chi connectivity index (χ1) is 22.7. The summed E-state index contributed by atoms with van der Waals surface area (Å²) in [5.74, 6) is 0. The van der Waals surface area contributed by atoms with Gasteiger partial charge in [0.1, 0.15) is 23.5 Å². The lowest BCUT2D eigenvalue weighted by molar-refractivity contribution is 1.26. The number of aromatic nitrogens is 2. The summed E-state index contributed by atoms with van der Waals surface area (Å²) in [6.45, 7) is 0. The molecule has 0 saturated heterocycles. The summed E-state index contributed by atoms with van der Waals surface area (Å²) in [7, 11) is 0. The molecular formula is C42H24N4. The van der Waals surface area contributed by atoms with Crippen LogP contribution in [0.5, 0.6) is 0 Å². The van der Waals surface area contributed by atoms with Gasteiger partial charge in [0.2, 0.25) is 0 Å². The van der Waals surface area contributed by atoms with E-state index in [2.05, 4.69) is 131 Å². The van der Waals surface area contributed by atoms with E-state index in [-0.39, 0.29) is 0 Å². The van der Waals surface area contributed by atoms with E-state index in [9.17, 15) is 10.5 Å². The monoisotopic (exact) mass is 584 g/mol. The van der Waals surface area contributed by atoms with Gasteiger partial charge in [0, 0.05) is 12.4 Å². The van der Waals surface area contributed by atoms with E-state index in [1.165, 1.54) is 32.3 Å². The molecule has 0 spiro atoms. The number of hydrogen-bond acceptors (Lipinski definition) is 4. The van der Waals surface area contributed by atoms with Crippen LogP contribution in [0.25, 0.3) is 76.8 Å². The molecule has 4 heteroatoms. The van der Waals surface area contributed by atoms with Gasteiger partial charge in [-0.25, -0.2) is 9.97 Å². The molecule has 0 unspecified atom stereocenters. The van der Waals surface area contributed by atoms with E-state index in [0.29, 0.717) is 11.4 Å². The van der Waals surface area contributed by atoms with Crippen LogP contribution in [0, 0.1) is 22.7 Å². The maximum absolute atomic E-state index is 9.36. The van der Waals surface area contributed by atoms with Crippen LogP contribution in [0.4, 0.5) is 0 Å². The molecule has 8 aromatic rings. The lowest BCUT2D eigenvalue weighted by Crippen LogP contribution is -1.88. The van der Waals surface area contributed by atoms with Crippen LogP contribution < -0.4 is 0 Å². The van der Waals surface area contributed by atoms with Crippen molar-refractivity contribution >= 4 is 32.3 Å². The highest BCUT2D eigenvalue weighted by atomic mass is 14.7. The summed E-state index contributed by atoms with van der Waals surface area (Å²) in [4.78, 5) is 8.27. The minimum absolute atomic E-state index is 0.404. The molecule has 212 valence electrons. The first-order valence-corrected chi connectivity index (χ1v) is 15.0. The Morgan fingerprint density at radius 2 is 0.696 bits per heavy atom. The quantitative estimate of drug-likeness (QED) is 0.193. The van der Waals surface area contributed by atoms with Gasteiger partial charge in [-0.1, -0.05) is 84.9 Å². The van der Waals surface area contributed by atoms with E-state index < -0.39 is 0 Å². The largest absolute Gasteiger partial charge is 0.246 e. The van der Waals surface area contributed by atoms with Crippen LogP contribution in [0.2, 0.25) is 0 Å². The fourth-order valence-electron chi connectivity index (χ4n) is 6.42. The van der Waals surface area contributed by atoms with Crippen molar-refractivity contribution in [3.63, 3.8) is 0 Å². The predicted octanol–water partition coefficient (Wildman–Crippen LogP) is 10.3. The Morgan fingerprint density at radius 3 is 1.11 bits per heavy atom. The number of nitriles is 2. The van der Waals surface area contributed by atoms with Crippen molar-refractivity contribution in [1.29, 1.82) is 10.5 Å². The lowest BCUT2D eigenvalue weighted by atomic mass is 9.89. The van der Waals surface area contributed by atoms with Crippen molar-refractivity contribution in [2.24, 2.45) is 0 Å². The molecule has 2 aromatic heterocycles. The lowest BCUT2D eigenvalue weighted by Gasteiger charge is -2.14. The van der Waals surface area contributed by atoms with Crippen LogP contribution in [0.1, 0.15) is 11.4 Å². The topological polar surface area (TPSA) is 73.4 Å². The predicted molar refractivity (Wildman–Crippen MR) is 186 cm³/mol. The number of pyridine rings is 2. The van der Waals surface area contributed by atoms with Crippen LogP contribution in [0.3, 0.4) is 0 Å². The zero-order valence-electron chi connectivity index (χ0n) is 24.6. The summed E-state index contributed by atoms with van der Waals surface area (Å²) in [5, 5.41) is 26.0. The molecule has 6 aromatic carbocycles. The van der Waals surface area contributed by atoms with Crippen LogP contribution >= 0.6 is 0 Å². The standard InChI is InChI=1S/C42H24N4/c43-25-35-21-33(15-17-45-35)29-7-3-5-27(19-29)31-11-13-39-37-9-1-2-10-38(37)40-14-12-32(24-42(40)41(39)23-31)28-6-4-8-30(20-28)34-16-18-46-36(22-34)26-44/h1-24H. The van der Waals surface area contributed by atoms with Crippen molar-refractivity contribution in [2.75, 3.05) is 0 Å². The molecule has 0 amide bonds. The van der Waals surface area contributed by atoms with E-state index >= 15 is 0 Å². The Balaban J connectivity index is 1.30. The molecule has 46 heavy (non-hydrogen) atoms. The highest BCUT2D eigenvalue weighted by Gasteiger charge is 2.12. The van der Waals surface area contributed by atoms with Crippen molar-refractivity contribution in [3.05, 3.63) is 157 Å². The van der Waals surface area contributed by atoms with Gasteiger partial charge in [-0.2, -0.15) is 10.5 Å². The normalized spacial score (nSPS) is 11.0. The van der Waals surface area contributed by atoms with Crippen molar-refractivity contribution in [1.82, 2.24) is 9.97 Å². The van der Waals surface area contributed by atoms with Gasteiger partial charge in [0.05, 0.1) is 0 Å². The van der Waals surface area contributed by atoms with Crippen LogP contribution in [-0.4, -0.2) is 9.97 Å². The van der Waals surface area contributed by atoms with E-state index in [4.69, 9.17) is 0 Å². The van der Waals surface area contributed by atoms with Gasteiger partial charge in [0.25, 0.3) is 0 Å². The highest BCUT2D eigenvalue weighted by Crippen LogP contribution is 2.39. The molecule has 0 radical (unpaired) electrons. The summed E-state index contributed by atoms with van der Waals surface area (Å²) in [5.41, 5.74) is 9.28. The third-order valence-electron chi connectivity index (χ3n) is 8.64. The number of fused-ring (bicyclic) bond motifs is 6. The third kappa shape index (κ3) is 4.72. The zero-order valence-corrected chi connectivity index (χ0v) is 24.6. The van der Waals surface area contributed by atoms with Crippen molar-refractivity contribution < 1.29 is 0 Å². The Kier molecular flexibility index (Phi) is 6.53. The first kappa shape index (κ1) is 27.0. The van der Waals surface area contributed by atoms with Crippen molar-refractivity contribution in [3.8, 4) is 56.6 Å². The smallest absolute Gasteiger partial charge is 0.141 e. The number of nitrogens with zero attached hydrogens (tertiary/aromatic N) is 4. The molecule has 2 heterocycles. The second-order valence-corrected chi connectivity index (χ2v) is 11.3. The van der Waals surface area contributed by atoms with Gasteiger partial charge in [-0.15, -0.1) is 0 Å². The number of benzene rings is 6. The Labute approximate surface area is 266 Å². The maximum atomic E-state index is 9.36.